The summed E-state index contributed by atoms with van der Waals surface area (Å²) in [5, 5.41) is 8.80. The number of hydrogen-bond acceptors (Lipinski definition) is 4. The van der Waals surface area contributed by atoms with Gasteiger partial charge in [-0.3, -0.25) is 9.69 Å². The Balaban J connectivity index is 1.46. The highest BCUT2D eigenvalue weighted by Crippen LogP contribution is 2.23. The van der Waals surface area contributed by atoms with Crippen molar-refractivity contribution in [3.05, 3.63) is 29.8 Å². The Morgan fingerprint density at radius 2 is 2.00 bits per heavy atom. The predicted octanol–water partition coefficient (Wildman–Crippen LogP) is 2.74. The molecule has 2 fully saturated rings. The van der Waals surface area contributed by atoms with Gasteiger partial charge in [0.05, 0.1) is 11.6 Å². The minimum Gasteiger partial charge on any atom is -0.341 e. The average Bonchev–Trinajstić information content (AvgIpc) is 2.92. The van der Waals surface area contributed by atoms with Crippen LogP contribution in [0.5, 0.6) is 0 Å². The molecule has 0 spiro atoms. The number of nitriles is 1. The van der Waals surface area contributed by atoms with Gasteiger partial charge in [0.15, 0.2) is 0 Å². The summed E-state index contributed by atoms with van der Waals surface area (Å²) in [5.41, 5.74) is 0.677. The van der Waals surface area contributed by atoms with E-state index in [9.17, 15) is 4.79 Å². The van der Waals surface area contributed by atoms with E-state index in [1.165, 1.54) is 19.4 Å². The van der Waals surface area contributed by atoms with Gasteiger partial charge >= 0.3 is 0 Å². The van der Waals surface area contributed by atoms with Crippen LogP contribution in [0.4, 0.5) is 0 Å². The highest BCUT2D eigenvalue weighted by atomic mass is 32.2. The number of hydrogen-bond donors (Lipinski definition) is 0. The summed E-state index contributed by atoms with van der Waals surface area (Å²) in [4.78, 5) is 18.2. The minimum absolute atomic E-state index is 0.292. The summed E-state index contributed by atoms with van der Waals surface area (Å²) in [5.74, 6) is 1.09. The molecule has 4 nitrogen and oxygen atoms in total. The van der Waals surface area contributed by atoms with Crippen molar-refractivity contribution in [2.24, 2.45) is 0 Å². The standard InChI is InChI=1S/C18H23N3OS/c19-13-15-4-6-17(7-5-15)23-12-8-18(22)21-11-2-10-20-9-1-3-16(20)14-21/h4-7,16H,1-3,8-12,14H2. The van der Waals surface area contributed by atoms with Gasteiger partial charge in [-0.15, -0.1) is 11.8 Å². The van der Waals surface area contributed by atoms with E-state index in [4.69, 9.17) is 5.26 Å². The third kappa shape index (κ3) is 4.27. The Morgan fingerprint density at radius 1 is 1.22 bits per heavy atom. The molecule has 2 aliphatic heterocycles. The van der Waals surface area contributed by atoms with Gasteiger partial charge in [0.2, 0.25) is 5.91 Å². The van der Waals surface area contributed by atoms with Crippen molar-refractivity contribution < 1.29 is 4.79 Å². The van der Waals surface area contributed by atoms with E-state index in [-0.39, 0.29) is 0 Å². The van der Waals surface area contributed by atoms with E-state index in [1.54, 1.807) is 11.8 Å². The predicted molar refractivity (Wildman–Crippen MR) is 92.3 cm³/mol. The number of thioether (sulfide) groups is 1. The second-order valence-electron chi connectivity index (χ2n) is 6.26. The molecular weight excluding hydrogens is 306 g/mol. The maximum Gasteiger partial charge on any atom is 0.223 e. The lowest BCUT2D eigenvalue weighted by Crippen LogP contribution is -2.39. The summed E-state index contributed by atoms with van der Waals surface area (Å²) >= 11 is 1.69. The normalized spacial score (nSPS) is 21.5. The number of carbonyl (C=O) groups excluding carboxylic acids is 1. The SMILES string of the molecule is N#Cc1ccc(SCCC(=O)N2CCCN3CCCC3C2)cc1. The maximum absolute atomic E-state index is 12.5. The van der Waals surface area contributed by atoms with Crippen LogP contribution >= 0.6 is 11.8 Å². The van der Waals surface area contributed by atoms with E-state index >= 15 is 0 Å². The van der Waals surface area contributed by atoms with Crippen LogP contribution in [-0.2, 0) is 4.79 Å². The van der Waals surface area contributed by atoms with Crippen LogP contribution < -0.4 is 0 Å². The molecule has 3 rings (SSSR count). The highest BCUT2D eigenvalue weighted by Gasteiger charge is 2.30. The molecule has 0 bridgehead atoms. The van der Waals surface area contributed by atoms with Gasteiger partial charge in [0, 0.05) is 42.7 Å². The van der Waals surface area contributed by atoms with Gasteiger partial charge in [-0.2, -0.15) is 5.26 Å². The van der Waals surface area contributed by atoms with Gasteiger partial charge in [-0.1, -0.05) is 0 Å². The Labute approximate surface area is 142 Å². The molecule has 0 aliphatic carbocycles. The van der Waals surface area contributed by atoms with Gasteiger partial charge in [0.25, 0.3) is 0 Å². The van der Waals surface area contributed by atoms with Crippen LogP contribution in [0, 0.1) is 11.3 Å². The van der Waals surface area contributed by atoms with E-state index in [0.29, 0.717) is 23.9 Å². The van der Waals surface area contributed by atoms with Crippen molar-refractivity contribution in [3.63, 3.8) is 0 Å². The third-order valence-corrected chi connectivity index (χ3v) is 5.74. The van der Waals surface area contributed by atoms with Gasteiger partial charge in [-0.25, -0.2) is 0 Å². The van der Waals surface area contributed by atoms with Crippen LogP contribution in [0.3, 0.4) is 0 Å². The highest BCUT2D eigenvalue weighted by molar-refractivity contribution is 7.99. The van der Waals surface area contributed by atoms with E-state index < -0.39 is 0 Å². The number of rotatable bonds is 4. The quantitative estimate of drug-likeness (QED) is 0.797. The topological polar surface area (TPSA) is 47.3 Å². The van der Waals surface area contributed by atoms with E-state index in [0.717, 1.165) is 36.7 Å². The Bertz CT molecular complexity index is 581. The van der Waals surface area contributed by atoms with Crippen molar-refractivity contribution in [1.29, 1.82) is 5.26 Å². The molecule has 1 amide bonds. The molecule has 5 heteroatoms. The zero-order chi connectivity index (χ0) is 16.1. The van der Waals surface area contributed by atoms with Crippen molar-refractivity contribution in [2.75, 3.05) is 31.9 Å². The Kier molecular flexibility index (Phi) is 5.58. The molecule has 2 saturated heterocycles. The average molecular weight is 329 g/mol. The third-order valence-electron chi connectivity index (χ3n) is 4.72. The number of benzene rings is 1. The molecule has 0 radical (unpaired) electrons. The first-order valence-corrected chi connectivity index (χ1v) is 9.39. The molecule has 2 aliphatic rings. The van der Waals surface area contributed by atoms with Gasteiger partial charge in [-0.05, 0) is 50.1 Å². The van der Waals surface area contributed by atoms with Crippen molar-refractivity contribution in [3.8, 4) is 6.07 Å². The van der Waals surface area contributed by atoms with Crippen LogP contribution in [0.25, 0.3) is 0 Å². The lowest BCUT2D eigenvalue weighted by molar-refractivity contribution is -0.131. The first-order chi connectivity index (χ1) is 11.3. The lowest BCUT2D eigenvalue weighted by Gasteiger charge is -2.25. The second-order valence-corrected chi connectivity index (χ2v) is 7.43. The molecule has 1 unspecified atom stereocenters. The minimum atomic E-state index is 0.292. The van der Waals surface area contributed by atoms with E-state index in [2.05, 4.69) is 15.9 Å². The summed E-state index contributed by atoms with van der Waals surface area (Å²) in [6.45, 7) is 4.18. The molecule has 1 aromatic carbocycles. The van der Waals surface area contributed by atoms with Crippen molar-refractivity contribution in [2.45, 2.75) is 36.6 Å². The molecule has 2 heterocycles. The zero-order valence-electron chi connectivity index (χ0n) is 13.4. The Morgan fingerprint density at radius 3 is 2.78 bits per heavy atom. The van der Waals surface area contributed by atoms with Gasteiger partial charge in [0.1, 0.15) is 0 Å². The molecule has 0 N–H and O–H groups in total. The first-order valence-electron chi connectivity index (χ1n) is 8.41. The number of nitrogens with zero attached hydrogens (tertiary/aromatic N) is 3. The second kappa shape index (κ2) is 7.85. The molecule has 122 valence electrons. The molecule has 0 aromatic heterocycles. The first kappa shape index (κ1) is 16.4. The molecule has 0 saturated carbocycles. The number of amides is 1. The van der Waals surface area contributed by atoms with Crippen LogP contribution in [-0.4, -0.2) is 53.7 Å². The molecule has 1 aromatic rings. The summed E-state index contributed by atoms with van der Waals surface area (Å²) < 4.78 is 0. The number of fused-ring (bicyclic) bond motifs is 1. The smallest absolute Gasteiger partial charge is 0.223 e. The monoisotopic (exact) mass is 329 g/mol. The molecular formula is C18H23N3OS. The van der Waals surface area contributed by atoms with E-state index in [1.807, 2.05) is 24.3 Å². The van der Waals surface area contributed by atoms with Crippen molar-refractivity contribution >= 4 is 17.7 Å². The van der Waals surface area contributed by atoms with Crippen LogP contribution in [0.15, 0.2) is 29.2 Å². The van der Waals surface area contributed by atoms with Crippen LogP contribution in [0.2, 0.25) is 0 Å². The Hall–Kier alpha value is -1.51. The maximum atomic E-state index is 12.5. The van der Waals surface area contributed by atoms with Gasteiger partial charge < -0.3 is 4.90 Å². The summed E-state index contributed by atoms with van der Waals surface area (Å²) in [6.07, 6.45) is 4.22. The molecule has 1 atom stereocenters. The van der Waals surface area contributed by atoms with Crippen LogP contribution in [0.1, 0.15) is 31.2 Å². The summed E-state index contributed by atoms with van der Waals surface area (Å²) in [7, 11) is 0. The lowest BCUT2D eigenvalue weighted by atomic mass is 10.2. The fraction of sp³-hybridized carbons (Fsp3) is 0.556. The largest absolute Gasteiger partial charge is 0.341 e. The zero-order valence-corrected chi connectivity index (χ0v) is 14.2. The number of carbonyl (C=O) groups is 1. The fourth-order valence-electron chi connectivity index (χ4n) is 3.47. The fourth-order valence-corrected chi connectivity index (χ4v) is 4.31. The summed E-state index contributed by atoms with van der Waals surface area (Å²) in [6, 6.07) is 10.3. The van der Waals surface area contributed by atoms with Crippen molar-refractivity contribution in [1.82, 2.24) is 9.80 Å². The molecule has 23 heavy (non-hydrogen) atoms.